The van der Waals surface area contributed by atoms with E-state index in [4.69, 9.17) is 9.47 Å². The average Bonchev–Trinajstić information content (AvgIpc) is 2.65. The summed E-state index contributed by atoms with van der Waals surface area (Å²) in [6.07, 6.45) is 0.578. The molecule has 0 saturated heterocycles. The van der Waals surface area contributed by atoms with Crippen LogP contribution in [0.3, 0.4) is 0 Å². The maximum Gasteiger partial charge on any atom is 0.241 e. The zero-order chi connectivity index (χ0) is 21.6. The summed E-state index contributed by atoms with van der Waals surface area (Å²) in [7, 11) is -0.638. The summed E-state index contributed by atoms with van der Waals surface area (Å²) >= 11 is 0. The molecule has 0 radical (unpaired) electrons. The molecule has 0 unspecified atom stereocenters. The quantitative estimate of drug-likeness (QED) is 0.649. The van der Waals surface area contributed by atoms with Crippen LogP contribution in [0.25, 0.3) is 0 Å². The Hall–Kier alpha value is -2.58. The van der Waals surface area contributed by atoms with E-state index in [-0.39, 0.29) is 11.4 Å². The van der Waals surface area contributed by atoms with Crippen LogP contribution >= 0.6 is 0 Å². The highest BCUT2D eigenvalue weighted by Gasteiger charge is 2.20. The average molecular weight is 421 g/mol. The molecule has 2 rings (SSSR count). The predicted molar refractivity (Wildman–Crippen MR) is 112 cm³/mol. The molecule has 0 bridgehead atoms. The number of ether oxygens (including phenoxy) is 2. The second-order valence-corrected chi connectivity index (χ2v) is 8.55. The maximum absolute atomic E-state index is 12.6. The number of rotatable bonds is 9. The smallest absolute Gasteiger partial charge is 0.241 e. The fourth-order valence-corrected chi connectivity index (χ4v) is 4.70. The number of amides is 1. The van der Waals surface area contributed by atoms with Crippen molar-refractivity contribution in [1.29, 1.82) is 0 Å². The normalized spacial score (nSPS) is 11.2. The van der Waals surface area contributed by atoms with E-state index in [1.54, 1.807) is 34.1 Å². The van der Waals surface area contributed by atoms with Crippen molar-refractivity contribution in [3.8, 4) is 11.5 Å². The molecular formula is C21H28N2O5S. The molecule has 0 aliphatic carbocycles. The lowest BCUT2D eigenvalue weighted by Gasteiger charge is -2.13. The summed E-state index contributed by atoms with van der Waals surface area (Å²) in [4.78, 5) is 12.3. The van der Waals surface area contributed by atoms with Gasteiger partial charge in [-0.2, -0.15) is 0 Å². The third-order valence-electron chi connectivity index (χ3n) is 4.48. The number of nitrogens with one attached hydrogen (secondary N) is 2. The van der Waals surface area contributed by atoms with Gasteiger partial charge in [-0.05, 0) is 56.0 Å². The van der Waals surface area contributed by atoms with Crippen molar-refractivity contribution in [2.24, 2.45) is 0 Å². The Labute approximate surface area is 172 Å². The van der Waals surface area contributed by atoms with Crippen molar-refractivity contribution in [2.45, 2.75) is 32.1 Å². The van der Waals surface area contributed by atoms with Crippen LogP contribution in [0.15, 0.2) is 35.2 Å². The number of hydrogen-bond donors (Lipinski definition) is 2. The molecule has 2 N–H and O–H groups in total. The SMILES string of the molecule is COc1ccc(CCNC(=O)CNS(=O)(=O)c2c(C)cc(C)cc2C)cc1OC. The lowest BCUT2D eigenvalue weighted by molar-refractivity contribution is -0.119. The van der Waals surface area contributed by atoms with Crippen LogP contribution in [0.4, 0.5) is 0 Å². The van der Waals surface area contributed by atoms with Crippen LogP contribution < -0.4 is 19.5 Å². The summed E-state index contributed by atoms with van der Waals surface area (Å²) < 4.78 is 38.0. The van der Waals surface area contributed by atoms with E-state index in [0.29, 0.717) is 35.6 Å². The zero-order valence-electron chi connectivity index (χ0n) is 17.5. The van der Waals surface area contributed by atoms with E-state index in [0.717, 1.165) is 11.1 Å². The first-order valence-corrected chi connectivity index (χ1v) is 10.7. The third-order valence-corrected chi connectivity index (χ3v) is 6.19. The lowest BCUT2D eigenvalue weighted by Crippen LogP contribution is -2.38. The Balaban J connectivity index is 1.90. The molecule has 0 aliphatic heterocycles. The molecule has 0 spiro atoms. The highest BCUT2D eigenvalue weighted by molar-refractivity contribution is 7.89. The fourth-order valence-electron chi connectivity index (χ4n) is 3.27. The number of benzene rings is 2. The van der Waals surface area contributed by atoms with Crippen molar-refractivity contribution in [3.05, 3.63) is 52.6 Å². The molecule has 2 aromatic rings. The van der Waals surface area contributed by atoms with Crippen LogP contribution in [-0.4, -0.2) is 41.6 Å². The van der Waals surface area contributed by atoms with Gasteiger partial charge >= 0.3 is 0 Å². The summed E-state index contributed by atoms with van der Waals surface area (Å²) in [5.74, 6) is 0.862. The Kier molecular flexibility index (Phi) is 7.64. The molecule has 1 amide bonds. The second-order valence-electron chi connectivity index (χ2n) is 6.84. The van der Waals surface area contributed by atoms with Gasteiger partial charge in [0.05, 0.1) is 25.7 Å². The summed E-state index contributed by atoms with van der Waals surface area (Å²) in [6.45, 7) is 5.46. The van der Waals surface area contributed by atoms with E-state index < -0.39 is 15.9 Å². The predicted octanol–water partition coefficient (Wildman–Crippen LogP) is 2.27. The largest absolute Gasteiger partial charge is 0.493 e. The van der Waals surface area contributed by atoms with Gasteiger partial charge in [0.2, 0.25) is 15.9 Å². The minimum atomic E-state index is -3.77. The van der Waals surface area contributed by atoms with Gasteiger partial charge < -0.3 is 14.8 Å². The Morgan fingerprint density at radius 1 is 0.966 bits per heavy atom. The number of hydrogen-bond acceptors (Lipinski definition) is 5. The van der Waals surface area contributed by atoms with Gasteiger partial charge in [-0.15, -0.1) is 0 Å². The first kappa shape index (κ1) is 22.7. The van der Waals surface area contributed by atoms with Crippen LogP contribution in [0.2, 0.25) is 0 Å². The van der Waals surface area contributed by atoms with Crippen molar-refractivity contribution in [3.63, 3.8) is 0 Å². The van der Waals surface area contributed by atoms with E-state index in [9.17, 15) is 13.2 Å². The van der Waals surface area contributed by atoms with Gasteiger partial charge in [0.25, 0.3) is 0 Å². The molecule has 0 aromatic heterocycles. The monoisotopic (exact) mass is 420 g/mol. The molecule has 8 heteroatoms. The van der Waals surface area contributed by atoms with Gasteiger partial charge in [0, 0.05) is 6.54 Å². The van der Waals surface area contributed by atoms with Gasteiger partial charge in [0.1, 0.15) is 0 Å². The Morgan fingerprint density at radius 3 is 2.17 bits per heavy atom. The van der Waals surface area contributed by atoms with E-state index >= 15 is 0 Å². The molecular weight excluding hydrogens is 392 g/mol. The van der Waals surface area contributed by atoms with Gasteiger partial charge in [-0.3, -0.25) is 4.79 Å². The van der Waals surface area contributed by atoms with Gasteiger partial charge in [-0.1, -0.05) is 23.8 Å². The number of methoxy groups -OCH3 is 2. The number of carbonyl (C=O) groups excluding carboxylic acids is 1. The molecule has 0 heterocycles. The standard InChI is InChI=1S/C21H28N2O5S/c1-14-10-15(2)21(16(3)11-14)29(25,26)23-13-20(24)22-9-8-17-6-7-18(27-4)19(12-17)28-5/h6-7,10-12,23H,8-9,13H2,1-5H3,(H,22,24). The first-order valence-electron chi connectivity index (χ1n) is 9.23. The maximum atomic E-state index is 12.6. The molecule has 0 aliphatic rings. The molecule has 0 fully saturated rings. The molecule has 0 atom stereocenters. The minimum absolute atomic E-state index is 0.223. The summed E-state index contributed by atoms with van der Waals surface area (Å²) in [6, 6.07) is 9.15. The zero-order valence-corrected chi connectivity index (χ0v) is 18.3. The van der Waals surface area contributed by atoms with Gasteiger partial charge in [0.15, 0.2) is 11.5 Å². The van der Waals surface area contributed by atoms with Crippen molar-refractivity contribution in [1.82, 2.24) is 10.0 Å². The first-order chi connectivity index (χ1) is 13.7. The molecule has 7 nitrogen and oxygen atoms in total. The lowest BCUT2D eigenvalue weighted by atomic mass is 10.1. The number of carbonyl (C=O) groups is 1. The fraction of sp³-hybridized carbons (Fsp3) is 0.381. The van der Waals surface area contributed by atoms with Crippen LogP contribution in [0.5, 0.6) is 11.5 Å². The Bertz CT molecular complexity index is 964. The molecule has 158 valence electrons. The highest BCUT2D eigenvalue weighted by atomic mass is 32.2. The van der Waals surface area contributed by atoms with Crippen molar-refractivity contribution in [2.75, 3.05) is 27.3 Å². The molecule has 29 heavy (non-hydrogen) atoms. The van der Waals surface area contributed by atoms with E-state index in [1.165, 1.54) is 0 Å². The van der Waals surface area contributed by atoms with E-state index in [2.05, 4.69) is 10.0 Å². The molecule has 0 saturated carbocycles. The van der Waals surface area contributed by atoms with E-state index in [1.807, 2.05) is 31.2 Å². The topological polar surface area (TPSA) is 93.7 Å². The highest BCUT2D eigenvalue weighted by Crippen LogP contribution is 2.27. The van der Waals surface area contributed by atoms with Crippen LogP contribution in [0.1, 0.15) is 22.3 Å². The third kappa shape index (κ3) is 5.95. The number of sulfonamides is 1. The second kappa shape index (κ2) is 9.76. The number of aryl methyl sites for hydroxylation is 3. The summed E-state index contributed by atoms with van der Waals surface area (Å²) in [5.41, 5.74) is 3.27. The van der Waals surface area contributed by atoms with Crippen molar-refractivity contribution < 1.29 is 22.7 Å². The minimum Gasteiger partial charge on any atom is -0.493 e. The summed E-state index contributed by atoms with van der Waals surface area (Å²) in [5, 5.41) is 2.72. The van der Waals surface area contributed by atoms with Crippen LogP contribution in [-0.2, 0) is 21.2 Å². The van der Waals surface area contributed by atoms with Crippen LogP contribution in [0, 0.1) is 20.8 Å². The van der Waals surface area contributed by atoms with Crippen molar-refractivity contribution >= 4 is 15.9 Å². The van der Waals surface area contributed by atoms with Gasteiger partial charge in [-0.25, -0.2) is 13.1 Å². The molecule has 2 aromatic carbocycles. The Morgan fingerprint density at radius 2 is 1.59 bits per heavy atom.